The SMILES string of the molecule is O=C(/C=C/c1cccc(/C=C/C(=O)c2cc(Cl)ccc2Cl)c1)c1cc(Cl)ccc1Cl. The van der Waals surface area contributed by atoms with Crippen molar-refractivity contribution in [2.24, 2.45) is 0 Å². The molecule has 0 saturated carbocycles. The maximum absolute atomic E-state index is 12.4. The number of carbonyl (C=O) groups excluding carboxylic acids is 2. The van der Waals surface area contributed by atoms with Crippen LogP contribution in [0.5, 0.6) is 0 Å². The lowest BCUT2D eigenvalue weighted by molar-refractivity contribution is 0.104. The molecule has 0 saturated heterocycles. The van der Waals surface area contributed by atoms with Gasteiger partial charge in [-0.15, -0.1) is 0 Å². The second-order valence-electron chi connectivity index (χ2n) is 6.31. The van der Waals surface area contributed by atoms with Crippen LogP contribution in [0.4, 0.5) is 0 Å². The first kappa shape index (κ1) is 22.3. The highest BCUT2D eigenvalue weighted by molar-refractivity contribution is 6.37. The van der Waals surface area contributed by atoms with Crippen LogP contribution in [0.25, 0.3) is 12.2 Å². The van der Waals surface area contributed by atoms with Crippen molar-refractivity contribution in [3.8, 4) is 0 Å². The Kier molecular flexibility index (Phi) is 7.52. The molecule has 6 heteroatoms. The third-order valence-corrected chi connectivity index (χ3v) is 5.28. The van der Waals surface area contributed by atoms with E-state index in [4.69, 9.17) is 46.4 Å². The average molecular weight is 476 g/mol. The Morgan fingerprint density at radius 1 is 0.600 bits per heavy atom. The molecule has 0 unspecified atom stereocenters. The molecule has 0 amide bonds. The summed E-state index contributed by atoms with van der Waals surface area (Å²) >= 11 is 24.0. The quantitative estimate of drug-likeness (QED) is 0.266. The van der Waals surface area contributed by atoms with Gasteiger partial charge in [0.2, 0.25) is 0 Å². The van der Waals surface area contributed by atoms with Gasteiger partial charge in [-0.25, -0.2) is 0 Å². The predicted molar refractivity (Wildman–Crippen MR) is 126 cm³/mol. The topological polar surface area (TPSA) is 34.1 Å². The van der Waals surface area contributed by atoms with Gasteiger partial charge in [0.05, 0.1) is 10.0 Å². The van der Waals surface area contributed by atoms with Crippen LogP contribution in [0.15, 0.2) is 72.8 Å². The molecule has 0 spiro atoms. The lowest BCUT2D eigenvalue weighted by Gasteiger charge is -2.02. The molecular formula is C24H14Cl4O2. The van der Waals surface area contributed by atoms with Crippen molar-refractivity contribution >= 4 is 70.1 Å². The van der Waals surface area contributed by atoms with Crippen LogP contribution in [0.3, 0.4) is 0 Å². The molecule has 3 aromatic rings. The van der Waals surface area contributed by atoms with Gasteiger partial charge in [0.25, 0.3) is 0 Å². The van der Waals surface area contributed by atoms with Gasteiger partial charge in [-0.2, -0.15) is 0 Å². The van der Waals surface area contributed by atoms with E-state index in [9.17, 15) is 9.59 Å². The van der Waals surface area contributed by atoms with Crippen molar-refractivity contribution in [2.45, 2.75) is 0 Å². The Morgan fingerprint density at radius 3 is 1.47 bits per heavy atom. The highest BCUT2D eigenvalue weighted by Crippen LogP contribution is 2.23. The van der Waals surface area contributed by atoms with Gasteiger partial charge in [0, 0.05) is 21.2 Å². The molecule has 3 aromatic carbocycles. The van der Waals surface area contributed by atoms with Gasteiger partial charge in [-0.05, 0) is 65.7 Å². The standard InChI is InChI=1S/C24H14Cl4O2/c25-17-6-8-21(27)19(13-17)23(29)10-4-15-2-1-3-16(12-15)5-11-24(30)20-14-18(26)7-9-22(20)28/h1-14H/b10-4+,11-5+. The molecule has 0 bridgehead atoms. The fourth-order valence-corrected chi connectivity index (χ4v) is 3.43. The van der Waals surface area contributed by atoms with Crippen LogP contribution in [0.1, 0.15) is 31.8 Å². The molecule has 2 nitrogen and oxygen atoms in total. The van der Waals surface area contributed by atoms with Gasteiger partial charge < -0.3 is 0 Å². The molecule has 0 fully saturated rings. The van der Waals surface area contributed by atoms with Crippen molar-refractivity contribution in [1.82, 2.24) is 0 Å². The molecule has 150 valence electrons. The Bertz CT molecular complexity index is 1090. The van der Waals surface area contributed by atoms with E-state index >= 15 is 0 Å². The maximum atomic E-state index is 12.4. The van der Waals surface area contributed by atoms with Crippen molar-refractivity contribution in [3.05, 3.63) is 115 Å². The fourth-order valence-electron chi connectivity index (χ4n) is 2.66. The smallest absolute Gasteiger partial charge is 0.187 e. The molecule has 0 aliphatic heterocycles. The number of ketones is 2. The predicted octanol–water partition coefficient (Wildman–Crippen LogP) is 8.09. The zero-order chi connectivity index (χ0) is 21.7. The summed E-state index contributed by atoms with van der Waals surface area (Å²) in [5.41, 5.74) is 2.25. The number of hydrogen-bond donors (Lipinski definition) is 0. The van der Waals surface area contributed by atoms with Gasteiger partial charge in [0.15, 0.2) is 11.6 Å². The van der Waals surface area contributed by atoms with Gasteiger partial charge in [-0.3, -0.25) is 9.59 Å². The molecular weight excluding hydrogens is 462 g/mol. The number of carbonyl (C=O) groups is 2. The highest BCUT2D eigenvalue weighted by atomic mass is 35.5. The molecule has 0 aromatic heterocycles. The summed E-state index contributed by atoms with van der Waals surface area (Å²) in [6.45, 7) is 0. The number of allylic oxidation sites excluding steroid dienone is 2. The summed E-state index contributed by atoms with van der Waals surface area (Å²) in [5.74, 6) is -0.511. The van der Waals surface area contributed by atoms with E-state index in [2.05, 4.69) is 0 Å². The summed E-state index contributed by atoms with van der Waals surface area (Å²) < 4.78 is 0. The van der Waals surface area contributed by atoms with E-state index in [1.54, 1.807) is 36.4 Å². The number of halogens is 4. The first-order chi connectivity index (χ1) is 14.3. The second-order valence-corrected chi connectivity index (χ2v) is 8.00. The Morgan fingerprint density at radius 2 is 1.03 bits per heavy atom. The van der Waals surface area contributed by atoms with E-state index in [-0.39, 0.29) is 11.6 Å². The summed E-state index contributed by atoms with van der Waals surface area (Å²) in [4.78, 5) is 24.8. The molecule has 30 heavy (non-hydrogen) atoms. The third kappa shape index (κ3) is 5.84. The maximum Gasteiger partial charge on any atom is 0.187 e. The lowest BCUT2D eigenvalue weighted by Crippen LogP contribution is -1.95. The van der Waals surface area contributed by atoms with Crippen molar-refractivity contribution in [1.29, 1.82) is 0 Å². The minimum Gasteiger partial charge on any atom is -0.289 e. The normalized spacial score (nSPS) is 11.3. The summed E-state index contributed by atoms with van der Waals surface area (Å²) in [5, 5.41) is 1.55. The molecule has 0 N–H and O–H groups in total. The summed E-state index contributed by atoms with van der Waals surface area (Å²) in [7, 11) is 0. The minimum absolute atomic E-state index is 0.255. The van der Waals surface area contributed by atoms with Crippen LogP contribution >= 0.6 is 46.4 Å². The summed E-state index contributed by atoms with van der Waals surface area (Å²) in [6.07, 6.45) is 6.20. The largest absolute Gasteiger partial charge is 0.289 e. The minimum atomic E-state index is -0.255. The van der Waals surface area contributed by atoms with E-state index in [1.165, 1.54) is 24.3 Å². The molecule has 0 heterocycles. The van der Waals surface area contributed by atoms with Crippen LogP contribution in [-0.4, -0.2) is 11.6 Å². The van der Waals surface area contributed by atoms with Crippen molar-refractivity contribution in [3.63, 3.8) is 0 Å². The van der Waals surface area contributed by atoms with E-state index in [1.807, 2.05) is 24.3 Å². The van der Waals surface area contributed by atoms with Crippen molar-refractivity contribution in [2.75, 3.05) is 0 Å². The number of benzene rings is 3. The van der Waals surface area contributed by atoms with Crippen molar-refractivity contribution < 1.29 is 9.59 Å². The highest BCUT2D eigenvalue weighted by Gasteiger charge is 2.09. The van der Waals surface area contributed by atoms with Gasteiger partial charge in [0.1, 0.15) is 0 Å². The first-order valence-electron chi connectivity index (χ1n) is 8.78. The van der Waals surface area contributed by atoms with Crippen LogP contribution < -0.4 is 0 Å². The molecule has 0 atom stereocenters. The Balaban J connectivity index is 1.76. The van der Waals surface area contributed by atoms with Crippen LogP contribution in [0.2, 0.25) is 20.1 Å². The lowest BCUT2D eigenvalue weighted by atomic mass is 10.1. The van der Waals surface area contributed by atoms with E-state index < -0.39 is 0 Å². The van der Waals surface area contributed by atoms with E-state index in [0.717, 1.165) is 11.1 Å². The van der Waals surface area contributed by atoms with Crippen LogP contribution in [-0.2, 0) is 0 Å². The molecule has 3 rings (SSSR count). The average Bonchev–Trinajstić information content (AvgIpc) is 2.74. The monoisotopic (exact) mass is 474 g/mol. The number of rotatable bonds is 6. The van der Waals surface area contributed by atoms with Gasteiger partial charge in [-0.1, -0.05) is 76.8 Å². The molecule has 0 aliphatic carbocycles. The second kappa shape index (κ2) is 10.1. The molecule has 0 aliphatic rings. The van der Waals surface area contributed by atoms with Gasteiger partial charge >= 0.3 is 0 Å². The molecule has 0 radical (unpaired) electrons. The fraction of sp³-hybridized carbons (Fsp3) is 0. The third-order valence-electron chi connectivity index (χ3n) is 4.15. The summed E-state index contributed by atoms with van der Waals surface area (Å²) in [6, 6.07) is 16.8. The zero-order valence-electron chi connectivity index (χ0n) is 15.4. The van der Waals surface area contributed by atoms with E-state index in [0.29, 0.717) is 31.2 Å². The Hall–Kier alpha value is -2.36. The number of hydrogen-bond acceptors (Lipinski definition) is 2. The first-order valence-corrected chi connectivity index (χ1v) is 10.3. The zero-order valence-corrected chi connectivity index (χ0v) is 18.4. The Labute approximate surface area is 194 Å². The van der Waals surface area contributed by atoms with Crippen LogP contribution in [0, 0.1) is 0 Å².